The zero-order valence-corrected chi connectivity index (χ0v) is 17.6. The van der Waals surface area contributed by atoms with Gasteiger partial charge < -0.3 is 16.2 Å². The molecule has 4 N–H and O–H groups in total. The summed E-state index contributed by atoms with van der Waals surface area (Å²) in [5.41, 5.74) is 16.9. The Bertz CT molecular complexity index is 1290. The van der Waals surface area contributed by atoms with E-state index < -0.39 is 10.9 Å². The fourth-order valence-electron chi connectivity index (χ4n) is 3.55. The molecule has 33 heavy (non-hydrogen) atoms. The molecule has 0 amide bonds. The second kappa shape index (κ2) is 9.23. The summed E-state index contributed by atoms with van der Waals surface area (Å²) >= 11 is 0. The molecule has 0 atom stereocenters. The predicted molar refractivity (Wildman–Crippen MR) is 128 cm³/mol. The van der Waals surface area contributed by atoms with Crippen molar-refractivity contribution in [2.24, 2.45) is 0 Å². The summed E-state index contributed by atoms with van der Waals surface area (Å²) in [5.74, 6) is -0.593. The highest BCUT2D eigenvalue weighted by atomic mass is 16.6. The van der Waals surface area contributed by atoms with Crippen molar-refractivity contribution in [1.29, 1.82) is 0 Å². The van der Waals surface area contributed by atoms with E-state index in [0.29, 0.717) is 22.5 Å². The number of anilines is 2. The van der Waals surface area contributed by atoms with Gasteiger partial charge in [0.2, 0.25) is 0 Å². The molecule has 7 nitrogen and oxygen atoms in total. The molecule has 7 heteroatoms. The standard InChI is InChI=1S/C26H21N3O4/c27-23-8-3-6-17(14-23)20-11-21(18-7-4-9-24(28)15-18)13-22(12-20)26(30)33-16-19-5-1-2-10-25(19)29(31)32/h1-15H,16,27-28H2. The molecule has 0 aliphatic heterocycles. The first-order valence-corrected chi connectivity index (χ1v) is 10.2. The minimum absolute atomic E-state index is 0.0979. The van der Waals surface area contributed by atoms with Gasteiger partial charge in [-0.1, -0.05) is 36.4 Å². The summed E-state index contributed by atoms with van der Waals surface area (Å²) in [7, 11) is 0. The Balaban J connectivity index is 1.71. The maximum absolute atomic E-state index is 13.0. The van der Waals surface area contributed by atoms with Crippen LogP contribution in [-0.2, 0) is 11.3 Å². The Morgan fingerprint density at radius 2 is 1.33 bits per heavy atom. The molecule has 0 aliphatic rings. The van der Waals surface area contributed by atoms with Crippen LogP contribution in [0.15, 0.2) is 91.0 Å². The molecule has 4 aromatic carbocycles. The van der Waals surface area contributed by atoms with Gasteiger partial charge in [0.15, 0.2) is 0 Å². The fourth-order valence-corrected chi connectivity index (χ4v) is 3.55. The minimum atomic E-state index is -0.593. The quantitative estimate of drug-likeness (QED) is 0.178. The number of para-hydroxylation sites is 1. The van der Waals surface area contributed by atoms with E-state index in [-0.39, 0.29) is 12.3 Å². The lowest BCUT2D eigenvalue weighted by molar-refractivity contribution is -0.385. The van der Waals surface area contributed by atoms with E-state index in [0.717, 1.165) is 22.3 Å². The first kappa shape index (κ1) is 21.6. The maximum Gasteiger partial charge on any atom is 0.338 e. The molecular weight excluding hydrogens is 418 g/mol. The van der Waals surface area contributed by atoms with E-state index in [1.807, 2.05) is 42.5 Å². The summed E-state index contributed by atoms with van der Waals surface area (Å²) in [4.78, 5) is 23.7. The number of ether oxygens (including phenoxy) is 1. The molecule has 0 heterocycles. The van der Waals surface area contributed by atoms with Crippen LogP contribution in [0.1, 0.15) is 15.9 Å². The van der Waals surface area contributed by atoms with E-state index in [4.69, 9.17) is 16.2 Å². The summed E-state index contributed by atoms with van der Waals surface area (Å²) in [6.45, 7) is -0.216. The molecule has 0 unspecified atom stereocenters. The number of nitro groups is 1. The summed E-state index contributed by atoms with van der Waals surface area (Å²) < 4.78 is 5.44. The molecular formula is C26H21N3O4. The number of nitrogens with zero attached hydrogens (tertiary/aromatic N) is 1. The maximum atomic E-state index is 13.0. The average molecular weight is 439 g/mol. The van der Waals surface area contributed by atoms with Gasteiger partial charge in [-0.2, -0.15) is 0 Å². The van der Waals surface area contributed by atoms with E-state index in [9.17, 15) is 14.9 Å². The van der Waals surface area contributed by atoms with Gasteiger partial charge in [-0.15, -0.1) is 0 Å². The molecule has 164 valence electrons. The molecule has 4 aromatic rings. The normalized spacial score (nSPS) is 10.5. The Labute approximate surface area is 190 Å². The third-order valence-corrected chi connectivity index (χ3v) is 5.16. The van der Waals surface area contributed by atoms with Gasteiger partial charge in [0.25, 0.3) is 5.69 Å². The second-order valence-electron chi connectivity index (χ2n) is 7.51. The van der Waals surface area contributed by atoms with Crippen LogP contribution in [0.5, 0.6) is 0 Å². The first-order chi connectivity index (χ1) is 15.9. The van der Waals surface area contributed by atoms with Gasteiger partial charge in [-0.25, -0.2) is 4.79 Å². The molecule has 0 spiro atoms. The fraction of sp³-hybridized carbons (Fsp3) is 0.0385. The number of esters is 1. The number of carbonyl (C=O) groups excluding carboxylic acids is 1. The van der Waals surface area contributed by atoms with Crippen molar-refractivity contribution in [2.75, 3.05) is 11.5 Å². The predicted octanol–water partition coefficient (Wildman–Crippen LogP) is 5.45. The van der Waals surface area contributed by atoms with Crippen molar-refractivity contribution in [3.05, 3.63) is 112 Å². The average Bonchev–Trinajstić information content (AvgIpc) is 2.82. The zero-order valence-electron chi connectivity index (χ0n) is 17.6. The summed E-state index contributed by atoms with van der Waals surface area (Å²) in [6.07, 6.45) is 0. The summed E-state index contributed by atoms with van der Waals surface area (Å²) in [6, 6.07) is 26.2. The largest absolute Gasteiger partial charge is 0.457 e. The first-order valence-electron chi connectivity index (χ1n) is 10.2. The van der Waals surface area contributed by atoms with E-state index >= 15 is 0 Å². The van der Waals surface area contributed by atoms with Crippen molar-refractivity contribution < 1.29 is 14.5 Å². The number of rotatable bonds is 6. The highest BCUT2D eigenvalue weighted by Gasteiger charge is 2.17. The van der Waals surface area contributed by atoms with E-state index in [1.54, 1.807) is 42.5 Å². The van der Waals surface area contributed by atoms with E-state index in [1.165, 1.54) is 6.07 Å². The molecule has 0 aromatic heterocycles. The highest BCUT2D eigenvalue weighted by Crippen LogP contribution is 2.30. The summed E-state index contributed by atoms with van der Waals surface area (Å²) in [5, 5.41) is 11.2. The Morgan fingerprint density at radius 1 is 0.758 bits per heavy atom. The van der Waals surface area contributed by atoms with Gasteiger partial charge in [0, 0.05) is 17.4 Å². The van der Waals surface area contributed by atoms with Crippen LogP contribution >= 0.6 is 0 Å². The van der Waals surface area contributed by atoms with Crippen molar-refractivity contribution >= 4 is 23.0 Å². The van der Waals surface area contributed by atoms with Gasteiger partial charge in [0.1, 0.15) is 6.61 Å². The van der Waals surface area contributed by atoms with Gasteiger partial charge in [0.05, 0.1) is 16.1 Å². The topological polar surface area (TPSA) is 121 Å². The lowest BCUT2D eigenvalue weighted by atomic mass is 9.95. The van der Waals surface area contributed by atoms with E-state index in [2.05, 4.69) is 0 Å². The van der Waals surface area contributed by atoms with Gasteiger partial charge in [-0.3, -0.25) is 10.1 Å². The molecule has 0 bridgehead atoms. The van der Waals surface area contributed by atoms with Crippen LogP contribution < -0.4 is 11.5 Å². The molecule has 0 radical (unpaired) electrons. The number of carbonyl (C=O) groups is 1. The van der Waals surface area contributed by atoms with Crippen LogP contribution in [0.3, 0.4) is 0 Å². The number of hydrogen-bond donors (Lipinski definition) is 2. The van der Waals surface area contributed by atoms with Crippen LogP contribution in [0, 0.1) is 10.1 Å². The molecule has 0 fully saturated rings. The number of nitrogen functional groups attached to an aromatic ring is 2. The van der Waals surface area contributed by atoms with Crippen molar-refractivity contribution in [2.45, 2.75) is 6.61 Å². The lowest BCUT2D eigenvalue weighted by Gasteiger charge is -2.12. The molecule has 4 rings (SSSR count). The van der Waals surface area contributed by atoms with Gasteiger partial charge >= 0.3 is 5.97 Å². The Kier molecular flexibility index (Phi) is 6.04. The van der Waals surface area contributed by atoms with Crippen LogP contribution in [0.2, 0.25) is 0 Å². The minimum Gasteiger partial charge on any atom is -0.457 e. The smallest absolute Gasteiger partial charge is 0.338 e. The number of benzene rings is 4. The zero-order chi connectivity index (χ0) is 23.4. The van der Waals surface area contributed by atoms with Crippen LogP contribution in [0.25, 0.3) is 22.3 Å². The molecule has 0 saturated carbocycles. The lowest BCUT2D eigenvalue weighted by Crippen LogP contribution is -2.07. The Hall–Kier alpha value is -4.65. The second-order valence-corrected chi connectivity index (χ2v) is 7.51. The Morgan fingerprint density at radius 3 is 1.88 bits per heavy atom. The third-order valence-electron chi connectivity index (χ3n) is 5.16. The number of hydrogen-bond acceptors (Lipinski definition) is 6. The van der Waals surface area contributed by atoms with Crippen molar-refractivity contribution in [3.8, 4) is 22.3 Å². The highest BCUT2D eigenvalue weighted by molar-refractivity contribution is 5.93. The SMILES string of the molecule is Nc1cccc(-c2cc(C(=O)OCc3ccccc3[N+](=O)[O-])cc(-c3cccc(N)c3)c2)c1. The molecule has 0 saturated heterocycles. The monoisotopic (exact) mass is 439 g/mol. The third kappa shape index (κ3) is 4.99. The number of nitrogens with two attached hydrogens (primary N) is 2. The molecule has 0 aliphatic carbocycles. The number of nitro benzene ring substituents is 1. The van der Waals surface area contributed by atoms with Gasteiger partial charge in [-0.05, 0) is 70.8 Å². The van der Waals surface area contributed by atoms with Crippen LogP contribution in [0.4, 0.5) is 17.1 Å². The van der Waals surface area contributed by atoms with Crippen LogP contribution in [-0.4, -0.2) is 10.9 Å². The van der Waals surface area contributed by atoms with Crippen molar-refractivity contribution in [3.63, 3.8) is 0 Å². The van der Waals surface area contributed by atoms with Crippen molar-refractivity contribution in [1.82, 2.24) is 0 Å².